The van der Waals surface area contributed by atoms with Gasteiger partial charge in [-0.15, -0.1) is 0 Å². The molecule has 0 heterocycles. The van der Waals surface area contributed by atoms with Crippen LogP contribution in [-0.4, -0.2) is 17.0 Å². The van der Waals surface area contributed by atoms with Crippen LogP contribution in [0.25, 0.3) is 0 Å². The van der Waals surface area contributed by atoms with E-state index in [9.17, 15) is 14.9 Å². The minimum Gasteiger partial charge on any atom is -0.444 e. The van der Waals surface area contributed by atoms with Crippen LogP contribution < -0.4 is 0 Å². The molecule has 1 atom stereocenters. The summed E-state index contributed by atoms with van der Waals surface area (Å²) in [7, 11) is 0. The monoisotopic (exact) mass is 220 g/mol. The van der Waals surface area contributed by atoms with Gasteiger partial charge in [0.25, 0.3) is 5.69 Å². The maximum Gasteiger partial charge on any atom is 0.339 e. The van der Waals surface area contributed by atoms with Gasteiger partial charge in [0.05, 0.1) is 10.5 Å². The van der Waals surface area contributed by atoms with Crippen LogP contribution in [0.5, 0.6) is 0 Å². The van der Waals surface area contributed by atoms with Crippen LogP contribution in [0.15, 0.2) is 24.3 Å². The minimum atomic E-state index is -0.845. The highest BCUT2D eigenvalue weighted by Crippen LogP contribution is 2.13. The van der Waals surface area contributed by atoms with E-state index in [0.29, 0.717) is 0 Å². The molecule has 0 bridgehead atoms. The van der Waals surface area contributed by atoms with Crippen LogP contribution in [0.3, 0.4) is 0 Å². The predicted molar refractivity (Wildman–Crippen MR) is 53.6 cm³/mol. The normalized spacial score (nSPS) is 11.2. The van der Waals surface area contributed by atoms with Crippen LogP contribution in [-0.2, 0) is 4.74 Å². The van der Waals surface area contributed by atoms with Gasteiger partial charge < -0.3 is 4.74 Å². The largest absolute Gasteiger partial charge is 0.444 e. The summed E-state index contributed by atoms with van der Waals surface area (Å²) in [4.78, 5) is 21.1. The molecule has 6 nitrogen and oxygen atoms in total. The minimum absolute atomic E-state index is 0.107. The molecule has 1 aromatic rings. The molecule has 16 heavy (non-hydrogen) atoms. The van der Waals surface area contributed by atoms with E-state index >= 15 is 0 Å². The molecule has 1 aromatic carbocycles. The second-order valence-corrected chi connectivity index (χ2v) is 2.98. The zero-order valence-corrected chi connectivity index (χ0v) is 8.41. The number of carbonyl (C=O) groups is 1. The summed E-state index contributed by atoms with van der Waals surface area (Å²) in [5.74, 6) is -0.677. The van der Waals surface area contributed by atoms with Crippen molar-refractivity contribution >= 4 is 11.7 Å². The number of esters is 1. The van der Waals surface area contributed by atoms with Gasteiger partial charge in [0, 0.05) is 12.1 Å². The van der Waals surface area contributed by atoms with Gasteiger partial charge in [-0.1, -0.05) is 0 Å². The molecule has 0 radical (unpaired) electrons. The lowest BCUT2D eigenvalue weighted by Crippen LogP contribution is -2.12. The third-order valence-corrected chi connectivity index (χ3v) is 1.78. The van der Waals surface area contributed by atoms with Crippen LogP contribution in [0, 0.1) is 21.4 Å². The fourth-order valence-corrected chi connectivity index (χ4v) is 0.974. The van der Waals surface area contributed by atoms with E-state index in [0.717, 1.165) is 0 Å². The van der Waals surface area contributed by atoms with Crippen molar-refractivity contribution in [1.29, 1.82) is 5.26 Å². The topological polar surface area (TPSA) is 93.2 Å². The van der Waals surface area contributed by atoms with Crippen LogP contribution in [0.1, 0.15) is 17.3 Å². The second-order valence-electron chi connectivity index (χ2n) is 2.98. The Morgan fingerprint density at radius 1 is 1.50 bits per heavy atom. The zero-order chi connectivity index (χ0) is 12.1. The standard InChI is InChI=1S/C10H8N2O4/c1-7(6-11)16-10(13)8-2-4-9(5-3-8)12(14)15/h2-5,7H,1H3/t7-/m1/s1. The molecule has 0 amide bonds. The van der Waals surface area contributed by atoms with Crippen molar-refractivity contribution in [3.63, 3.8) is 0 Å². The average molecular weight is 220 g/mol. The summed E-state index contributed by atoms with van der Waals surface area (Å²) < 4.78 is 4.72. The number of nitrogens with zero attached hydrogens (tertiary/aromatic N) is 2. The average Bonchev–Trinajstić information content (AvgIpc) is 2.28. The lowest BCUT2D eigenvalue weighted by molar-refractivity contribution is -0.384. The van der Waals surface area contributed by atoms with Crippen LogP contribution >= 0.6 is 0 Å². The summed E-state index contributed by atoms with van der Waals surface area (Å²) in [5.41, 5.74) is 0.0672. The Kier molecular flexibility index (Phi) is 3.56. The molecule has 82 valence electrons. The fourth-order valence-electron chi connectivity index (χ4n) is 0.974. The van der Waals surface area contributed by atoms with Gasteiger partial charge in [-0.05, 0) is 19.1 Å². The van der Waals surface area contributed by atoms with Gasteiger partial charge in [0.1, 0.15) is 6.07 Å². The van der Waals surface area contributed by atoms with E-state index in [2.05, 4.69) is 0 Å². The van der Waals surface area contributed by atoms with Crippen LogP contribution in [0.4, 0.5) is 5.69 Å². The van der Waals surface area contributed by atoms with Gasteiger partial charge in [-0.25, -0.2) is 4.79 Å². The first-order valence-electron chi connectivity index (χ1n) is 4.39. The van der Waals surface area contributed by atoms with Gasteiger partial charge in [-0.3, -0.25) is 10.1 Å². The fraction of sp³-hybridized carbons (Fsp3) is 0.200. The van der Waals surface area contributed by atoms with Gasteiger partial charge in [0.15, 0.2) is 6.10 Å². The highest BCUT2D eigenvalue weighted by molar-refractivity contribution is 5.89. The number of carbonyl (C=O) groups excluding carboxylic acids is 1. The molecule has 0 N–H and O–H groups in total. The molecule has 0 fully saturated rings. The summed E-state index contributed by atoms with van der Waals surface area (Å²) in [5, 5.41) is 18.8. The SMILES string of the molecule is C[C@H](C#N)OC(=O)c1ccc([N+](=O)[O-])cc1. The Bertz CT molecular complexity index is 447. The van der Waals surface area contributed by atoms with E-state index in [4.69, 9.17) is 10.00 Å². The lowest BCUT2D eigenvalue weighted by atomic mass is 10.2. The molecule has 0 spiro atoms. The van der Waals surface area contributed by atoms with Crippen molar-refractivity contribution in [2.75, 3.05) is 0 Å². The van der Waals surface area contributed by atoms with Crippen molar-refractivity contribution in [2.45, 2.75) is 13.0 Å². The van der Waals surface area contributed by atoms with Gasteiger partial charge in [0.2, 0.25) is 0 Å². The number of hydrogen-bond donors (Lipinski definition) is 0. The molecule has 0 saturated carbocycles. The van der Waals surface area contributed by atoms with E-state index in [1.165, 1.54) is 31.2 Å². The van der Waals surface area contributed by atoms with Crippen molar-refractivity contribution < 1.29 is 14.5 Å². The summed E-state index contributed by atoms with van der Waals surface area (Å²) in [6.45, 7) is 1.43. The number of ether oxygens (including phenoxy) is 1. The predicted octanol–water partition coefficient (Wildman–Crippen LogP) is 1.66. The van der Waals surface area contributed by atoms with E-state index < -0.39 is 17.0 Å². The first kappa shape index (κ1) is 11.7. The number of nitriles is 1. The number of rotatable bonds is 3. The Labute approximate surface area is 91.2 Å². The molecule has 6 heteroatoms. The third-order valence-electron chi connectivity index (χ3n) is 1.78. The molecule has 1 rings (SSSR count). The summed E-state index contributed by atoms with van der Waals surface area (Å²) >= 11 is 0. The molecule has 0 unspecified atom stereocenters. The summed E-state index contributed by atoms with van der Waals surface area (Å²) in [6, 6.07) is 6.71. The van der Waals surface area contributed by atoms with Crippen LogP contribution in [0.2, 0.25) is 0 Å². The molecular formula is C10H8N2O4. The Balaban J connectivity index is 2.79. The van der Waals surface area contributed by atoms with E-state index in [1.807, 2.05) is 0 Å². The van der Waals surface area contributed by atoms with Crippen molar-refractivity contribution in [3.8, 4) is 6.07 Å². The maximum absolute atomic E-state index is 11.4. The third kappa shape index (κ3) is 2.78. The molecule has 0 aliphatic heterocycles. The highest BCUT2D eigenvalue weighted by atomic mass is 16.6. The molecule has 0 aliphatic carbocycles. The molecular weight excluding hydrogens is 212 g/mol. The zero-order valence-electron chi connectivity index (χ0n) is 8.41. The number of non-ortho nitro benzene ring substituents is 1. The first-order chi connectivity index (χ1) is 7.54. The van der Waals surface area contributed by atoms with Crippen molar-refractivity contribution in [2.24, 2.45) is 0 Å². The second kappa shape index (κ2) is 4.89. The first-order valence-corrected chi connectivity index (χ1v) is 4.39. The Hall–Kier alpha value is -2.42. The van der Waals surface area contributed by atoms with E-state index in [-0.39, 0.29) is 11.3 Å². The van der Waals surface area contributed by atoms with Gasteiger partial charge >= 0.3 is 5.97 Å². The number of nitro groups is 1. The summed E-state index contributed by atoms with van der Waals surface area (Å²) in [6.07, 6.45) is -0.845. The highest BCUT2D eigenvalue weighted by Gasteiger charge is 2.12. The smallest absolute Gasteiger partial charge is 0.339 e. The lowest BCUT2D eigenvalue weighted by Gasteiger charge is -2.05. The van der Waals surface area contributed by atoms with E-state index in [1.54, 1.807) is 6.07 Å². The van der Waals surface area contributed by atoms with Crippen molar-refractivity contribution in [3.05, 3.63) is 39.9 Å². The number of nitro benzene ring substituents is 1. The number of hydrogen-bond acceptors (Lipinski definition) is 5. The molecule has 0 aliphatic rings. The molecule has 0 saturated heterocycles. The molecule has 0 aromatic heterocycles. The maximum atomic E-state index is 11.4. The quantitative estimate of drug-likeness (QED) is 0.438. The Morgan fingerprint density at radius 2 is 2.06 bits per heavy atom. The number of benzene rings is 1. The Morgan fingerprint density at radius 3 is 2.50 bits per heavy atom. The van der Waals surface area contributed by atoms with Crippen molar-refractivity contribution in [1.82, 2.24) is 0 Å². The van der Waals surface area contributed by atoms with Gasteiger partial charge in [-0.2, -0.15) is 5.26 Å².